The van der Waals surface area contributed by atoms with E-state index in [1.165, 1.54) is 13.2 Å². The van der Waals surface area contributed by atoms with Crippen LogP contribution in [0.1, 0.15) is 15.9 Å². The molecule has 0 amide bonds. The summed E-state index contributed by atoms with van der Waals surface area (Å²) >= 11 is 0. The van der Waals surface area contributed by atoms with Crippen LogP contribution >= 0.6 is 0 Å². The molecule has 19 heavy (non-hydrogen) atoms. The first-order valence-electron chi connectivity index (χ1n) is 6.38. The van der Waals surface area contributed by atoms with Gasteiger partial charge in [0.2, 0.25) is 0 Å². The Hall–Kier alpha value is -1.46. The van der Waals surface area contributed by atoms with Crippen LogP contribution in [0.5, 0.6) is 0 Å². The van der Waals surface area contributed by atoms with Gasteiger partial charge in [0, 0.05) is 38.3 Å². The van der Waals surface area contributed by atoms with Crippen LogP contribution in [0.25, 0.3) is 0 Å². The molecule has 1 heterocycles. The summed E-state index contributed by atoms with van der Waals surface area (Å²) in [6.45, 7) is 4.47. The van der Waals surface area contributed by atoms with E-state index < -0.39 is 5.97 Å². The van der Waals surface area contributed by atoms with Crippen molar-refractivity contribution in [2.75, 3.05) is 40.3 Å². The summed E-state index contributed by atoms with van der Waals surface area (Å²) in [5, 5.41) is 0. The average molecular weight is 266 g/mol. The molecule has 0 unspecified atom stereocenters. The maximum atomic E-state index is 13.9. The summed E-state index contributed by atoms with van der Waals surface area (Å²) in [6.07, 6.45) is 0. The standard InChI is InChI=1S/C14H19FN2O2/c1-16-5-7-17(8-6-16)10-12-4-3-11(9-13(12)15)14(18)19-2/h3-4,9H,5-8,10H2,1-2H3. The van der Waals surface area contributed by atoms with Crippen molar-refractivity contribution in [1.82, 2.24) is 9.80 Å². The van der Waals surface area contributed by atoms with Gasteiger partial charge in [-0.25, -0.2) is 9.18 Å². The van der Waals surface area contributed by atoms with Crippen molar-refractivity contribution >= 4 is 5.97 Å². The van der Waals surface area contributed by atoms with E-state index in [0.29, 0.717) is 12.1 Å². The van der Waals surface area contributed by atoms with Crippen LogP contribution in [0.4, 0.5) is 4.39 Å². The highest BCUT2D eigenvalue weighted by Crippen LogP contribution is 2.14. The molecule has 1 aromatic carbocycles. The molecule has 1 aliphatic heterocycles. The van der Waals surface area contributed by atoms with E-state index in [4.69, 9.17) is 0 Å². The zero-order valence-corrected chi connectivity index (χ0v) is 11.4. The predicted octanol–water partition coefficient (Wildman–Crippen LogP) is 1.36. The quantitative estimate of drug-likeness (QED) is 0.773. The van der Waals surface area contributed by atoms with Crippen LogP contribution in [0, 0.1) is 5.82 Å². The van der Waals surface area contributed by atoms with Gasteiger partial charge in [-0.1, -0.05) is 6.07 Å². The molecule has 1 aliphatic rings. The highest BCUT2D eigenvalue weighted by atomic mass is 19.1. The Kier molecular flexibility index (Phi) is 4.50. The number of rotatable bonds is 3. The zero-order valence-electron chi connectivity index (χ0n) is 11.4. The van der Waals surface area contributed by atoms with Crippen LogP contribution in [0.15, 0.2) is 18.2 Å². The predicted molar refractivity (Wildman–Crippen MR) is 70.5 cm³/mol. The van der Waals surface area contributed by atoms with E-state index in [1.54, 1.807) is 12.1 Å². The van der Waals surface area contributed by atoms with E-state index in [9.17, 15) is 9.18 Å². The second kappa shape index (κ2) is 6.12. The highest BCUT2D eigenvalue weighted by Gasteiger charge is 2.16. The number of hydrogen-bond acceptors (Lipinski definition) is 4. The molecule has 1 fully saturated rings. The van der Waals surface area contributed by atoms with Crippen molar-refractivity contribution < 1.29 is 13.9 Å². The van der Waals surface area contributed by atoms with Crippen LogP contribution in [-0.4, -0.2) is 56.1 Å². The Morgan fingerprint density at radius 2 is 2.00 bits per heavy atom. The first kappa shape index (κ1) is 14.0. The average Bonchev–Trinajstić information content (AvgIpc) is 2.42. The number of carbonyl (C=O) groups is 1. The molecular weight excluding hydrogens is 247 g/mol. The second-order valence-electron chi connectivity index (χ2n) is 4.88. The Morgan fingerprint density at radius 3 is 2.58 bits per heavy atom. The lowest BCUT2D eigenvalue weighted by atomic mass is 10.1. The third-order valence-corrected chi connectivity index (χ3v) is 3.46. The number of halogens is 1. The fraction of sp³-hybridized carbons (Fsp3) is 0.500. The Bertz CT molecular complexity index is 457. The van der Waals surface area contributed by atoms with Gasteiger partial charge < -0.3 is 9.64 Å². The molecule has 4 nitrogen and oxygen atoms in total. The molecule has 104 valence electrons. The van der Waals surface area contributed by atoms with Crippen molar-refractivity contribution in [1.29, 1.82) is 0 Å². The van der Waals surface area contributed by atoms with E-state index >= 15 is 0 Å². The highest BCUT2D eigenvalue weighted by molar-refractivity contribution is 5.89. The van der Waals surface area contributed by atoms with Crippen LogP contribution in [0.3, 0.4) is 0 Å². The molecule has 0 atom stereocenters. The molecule has 0 spiro atoms. The normalized spacial score (nSPS) is 17.4. The van der Waals surface area contributed by atoms with Gasteiger partial charge in [0.15, 0.2) is 0 Å². The minimum absolute atomic E-state index is 0.252. The SMILES string of the molecule is COC(=O)c1ccc(CN2CCN(C)CC2)c(F)c1. The third-order valence-electron chi connectivity index (χ3n) is 3.46. The number of nitrogens with zero attached hydrogens (tertiary/aromatic N) is 2. The number of benzene rings is 1. The summed E-state index contributed by atoms with van der Waals surface area (Å²) < 4.78 is 18.5. The van der Waals surface area contributed by atoms with Crippen molar-refractivity contribution in [3.05, 3.63) is 35.1 Å². The lowest BCUT2D eigenvalue weighted by Gasteiger charge is -2.32. The third kappa shape index (κ3) is 3.52. The van der Waals surface area contributed by atoms with E-state index in [-0.39, 0.29) is 11.4 Å². The minimum Gasteiger partial charge on any atom is -0.465 e. The summed E-state index contributed by atoms with van der Waals surface area (Å²) in [5.74, 6) is -0.855. The summed E-state index contributed by atoms with van der Waals surface area (Å²) in [7, 11) is 3.38. The molecule has 0 aromatic heterocycles. The number of likely N-dealkylation sites (N-methyl/N-ethyl adjacent to an activating group) is 1. The van der Waals surface area contributed by atoms with E-state index in [0.717, 1.165) is 26.2 Å². The molecule has 2 rings (SSSR count). The molecule has 0 bridgehead atoms. The molecule has 1 saturated heterocycles. The van der Waals surface area contributed by atoms with Gasteiger partial charge in [-0.05, 0) is 19.2 Å². The van der Waals surface area contributed by atoms with E-state index in [1.807, 2.05) is 0 Å². The fourth-order valence-electron chi connectivity index (χ4n) is 2.17. The van der Waals surface area contributed by atoms with Crippen molar-refractivity contribution in [2.24, 2.45) is 0 Å². The Morgan fingerprint density at radius 1 is 1.32 bits per heavy atom. The monoisotopic (exact) mass is 266 g/mol. The largest absolute Gasteiger partial charge is 0.465 e. The summed E-state index contributed by atoms with van der Waals surface area (Å²) in [5.41, 5.74) is 0.874. The maximum absolute atomic E-state index is 13.9. The first-order chi connectivity index (χ1) is 9.10. The van der Waals surface area contributed by atoms with Gasteiger partial charge in [-0.2, -0.15) is 0 Å². The van der Waals surface area contributed by atoms with E-state index in [2.05, 4.69) is 21.6 Å². The van der Waals surface area contributed by atoms with Crippen LogP contribution < -0.4 is 0 Å². The van der Waals surface area contributed by atoms with Crippen molar-refractivity contribution in [3.63, 3.8) is 0 Å². The summed E-state index contributed by atoms with van der Waals surface area (Å²) in [4.78, 5) is 15.8. The van der Waals surface area contributed by atoms with Crippen LogP contribution in [-0.2, 0) is 11.3 Å². The number of esters is 1. The smallest absolute Gasteiger partial charge is 0.337 e. The van der Waals surface area contributed by atoms with Crippen molar-refractivity contribution in [2.45, 2.75) is 6.54 Å². The van der Waals surface area contributed by atoms with Crippen molar-refractivity contribution in [3.8, 4) is 0 Å². The molecule has 0 aliphatic carbocycles. The molecule has 5 heteroatoms. The maximum Gasteiger partial charge on any atom is 0.337 e. The second-order valence-corrected chi connectivity index (χ2v) is 4.88. The number of carbonyl (C=O) groups excluding carboxylic acids is 1. The minimum atomic E-state index is -0.509. The fourth-order valence-corrected chi connectivity index (χ4v) is 2.17. The van der Waals surface area contributed by atoms with Gasteiger partial charge in [-0.15, -0.1) is 0 Å². The zero-order chi connectivity index (χ0) is 13.8. The lowest BCUT2D eigenvalue weighted by Crippen LogP contribution is -2.44. The van der Waals surface area contributed by atoms with Crippen LogP contribution in [0.2, 0.25) is 0 Å². The number of hydrogen-bond donors (Lipinski definition) is 0. The van der Waals surface area contributed by atoms with Gasteiger partial charge >= 0.3 is 5.97 Å². The number of ether oxygens (including phenoxy) is 1. The van der Waals surface area contributed by atoms with Gasteiger partial charge in [0.1, 0.15) is 5.82 Å². The van der Waals surface area contributed by atoms with Gasteiger partial charge in [-0.3, -0.25) is 4.90 Å². The molecule has 1 aromatic rings. The van der Waals surface area contributed by atoms with Gasteiger partial charge in [0.25, 0.3) is 0 Å². The first-order valence-corrected chi connectivity index (χ1v) is 6.38. The Labute approximate surface area is 112 Å². The number of piperazine rings is 1. The number of methoxy groups -OCH3 is 1. The summed E-state index contributed by atoms with van der Waals surface area (Å²) in [6, 6.07) is 4.53. The lowest BCUT2D eigenvalue weighted by molar-refractivity contribution is 0.0600. The molecular formula is C14H19FN2O2. The molecule has 0 saturated carbocycles. The molecule has 0 radical (unpaired) electrons. The molecule has 0 N–H and O–H groups in total. The van der Waals surface area contributed by atoms with Gasteiger partial charge in [0.05, 0.1) is 12.7 Å². The topological polar surface area (TPSA) is 32.8 Å². The Balaban J connectivity index is 2.03.